The van der Waals surface area contributed by atoms with E-state index in [4.69, 9.17) is 9.47 Å². The molecule has 5 heteroatoms. The van der Waals surface area contributed by atoms with Crippen molar-refractivity contribution in [3.63, 3.8) is 0 Å². The minimum Gasteiger partial charge on any atom is -0.486 e. The first-order valence-corrected chi connectivity index (χ1v) is 8.45. The zero-order chi connectivity index (χ0) is 15.8. The number of benzene rings is 1. The molecule has 2 atom stereocenters. The van der Waals surface area contributed by atoms with Crippen molar-refractivity contribution in [2.45, 2.75) is 32.1 Å². The molecule has 2 unspecified atom stereocenters. The predicted octanol–water partition coefficient (Wildman–Crippen LogP) is 2.79. The maximum Gasteiger partial charge on any atom is 0.227 e. The standard InChI is InChI=1S/C18H21NO4/c20-17-11-2-1-3-12(17)9-13(8-11)18(21)19-14-4-5-15-16(10-14)23-7-6-22-15/h4-5,10-13H,1-3,6-9H2,(H,19,21). The van der Waals surface area contributed by atoms with E-state index in [1.165, 1.54) is 0 Å². The summed E-state index contributed by atoms with van der Waals surface area (Å²) in [4.78, 5) is 24.7. The van der Waals surface area contributed by atoms with Crippen LogP contribution in [0.25, 0.3) is 0 Å². The van der Waals surface area contributed by atoms with Gasteiger partial charge in [0.1, 0.15) is 19.0 Å². The highest BCUT2D eigenvalue weighted by Crippen LogP contribution is 2.40. The second kappa shape index (κ2) is 5.87. The van der Waals surface area contributed by atoms with Gasteiger partial charge in [-0.25, -0.2) is 0 Å². The fourth-order valence-electron chi connectivity index (χ4n) is 4.06. The van der Waals surface area contributed by atoms with Gasteiger partial charge >= 0.3 is 0 Å². The van der Waals surface area contributed by atoms with Crippen molar-refractivity contribution < 1.29 is 19.1 Å². The average molecular weight is 315 g/mol. The van der Waals surface area contributed by atoms with Crippen molar-refractivity contribution in [1.82, 2.24) is 0 Å². The number of hydrogen-bond donors (Lipinski definition) is 1. The Labute approximate surface area is 135 Å². The maximum absolute atomic E-state index is 12.6. The van der Waals surface area contributed by atoms with Crippen LogP contribution in [0.3, 0.4) is 0 Å². The lowest BCUT2D eigenvalue weighted by Gasteiger charge is -2.36. The van der Waals surface area contributed by atoms with E-state index in [9.17, 15) is 9.59 Å². The molecule has 1 heterocycles. The Morgan fingerprint density at radius 1 is 1.04 bits per heavy atom. The molecule has 2 fully saturated rings. The topological polar surface area (TPSA) is 64.6 Å². The zero-order valence-corrected chi connectivity index (χ0v) is 13.0. The van der Waals surface area contributed by atoms with Crippen LogP contribution in [0.5, 0.6) is 11.5 Å². The Kier molecular flexibility index (Phi) is 3.71. The molecule has 1 N–H and O–H groups in total. The van der Waals surface area contributed by atoms with Gasteiger partial charge in [-0.15, -0.1) is 0 Å². The van der Waals surface area contributed by atoms with Crippen LogP contribution in [0.2, 0.25) is 0 Å². The summed E-state index contributed by atoms with van der Waals surface area (Å²) in [6, 6.07) is 5.46. The second-order valence-electron chi connectivity index (χ2n) is 6.74. The Bertz CT molecular complexity index is 626. The van der Waals surface area contributed by atoms with E-state index in [0.717, 1.165) is 24.9 Å². The van der Waals surface area contributed by atoms with Gasteiger partial charge in [-0.05, 0) is 37.8 Å². The Morgan fingerprint density at radius 3 is 2.48 bits per heavy atom. The number of rotatable bonds is 2. The fourth-order valence-corrected chi connectivity index (χ4v) is 4.06. The Balaban J connectivity index is 1.45. The second-order valence-corrected chi connectivity index (χ2v) is 6.74. The lowest BCUT2D eigenvalue weighted by atomic mass is 9.67. The minimum atomic E-state index is -0.0591. The van der Waals surface area contributed by atoms with Crippen LogP contribution < -0.4 is 14.8 Å². The van der Waals surface area contributed by atoms with E-state index in [-0.39, 0.29) is 23.7 Å². The fraction of sp³-hybridized carbons (Fsp3) is 0.556. The smallest absolute Gasteiger partial charge is 0.227 e. The molecule has 0 radical (unpaired) electrons. The van der Waals surface area contributed by atoms with E-state index < -0.39 is 0 Å². The van der Waals surface area contributed by atoms with Crippen LogP contribution in [0.4, 0.5) is 5.69 Å². The molecule has 1 aromatic rings. The highest BCUT2D eigenvalue weighted by Gasteiger charge is 2.41. The quantitative estimate of drug-likeness (QED) is 0.911. The van der Waals surface area contributed by atoms with Gasteiger partial charge in [0.2, 0.25) is 5.91 Å². The van der Waals surface area contributed by atoms with E-state index in [1.54, 1.807) is 6.07 Å². The van der Waals surface area contributed by atoms with Crippen LogP contribution in [-0.4, -0.2) is 24.9 Å². The largest absolute Gasteiger partial charge is 0.486 e. The van der Waals surface area contributed by atoms with Gasteiger partial charge < -0.3 is 14.8 Å². The number of hydrogen-bond acceptors (Lipinski definition) is 4. The van der Waals surface area contributed by atoms with Crippen LogP contribution in [0, 0.1) is 17.8 Å². The number of Topliss-reactive ketones (excluding diaryl/α,β-unsaturated/α-hetero) is 1. The third-order valence-corrected chi connectivity index (χ3v) is 5.23. The number of anilines is 1. The number of carbonyl (C=O) groups is 2. The summed E-state index contributed by atoms with van der Waals surface area (Å²) in [5, 5.41) is 2.98. The summed E-state index contributed by atoms with van der Waals surface area (Å²) in [6.07, 6.45) is 4.42. The molecule has 1 amide bonds. The molecule has 0 spiro atoms. The normalized spacial score (nSPS) is 29.0. The summed E-state index contributed by atoms with van der Waals surface area (Å²) in [5.41, 5.74) is 0.723. The summed E-state index contributed by atoms with van der Waals surface area (Å²) in [5.74, 6) is 1.93. The third kappa shape index (κ3) is 2.80. The molecule has 0 saturated heterocycles. The first-order chi connectivity index (χ1) is 11.2. The van der Waals surface area contributed by atoms with Crippen molar-refractivity contribution in [3.8, 4) is 11.5 Å². The number of amides is 1. The summed E-state index contributed by atoms with van der Waals surface area (Å²) < 4.78 is 11.0. The van der Waals surface area contributed by atoms with Gasteiger partial charge in [0.25, 0.3) is 0 Å². The highest BCUT2D eigenvalue weighted by atomic mass is 16.6. The van der Waals surface area contributed by atoms with Crippen molar-refractivity contribution in [1.29, 1.82) is 0 Å². The average Bonchev–Trinajstić information content (AvgIpc) is 2.54. The highest BCUT2D eigenvalue weighted by molar-refractivity contribution is 5.95. The minimum absolute atomic E-state index is 0.0195. The van der Waals surface area contributed by atoms with Crippen LogP contribution in [0.1, 0.15) is 32.1 Å². The number of ketones is 1. The lowest BCUT2D eigenvalue weighted by molar-refractivity contribution is -0.136. The Hall–Kier alpha value is -2.04. The number of carbonyl (C=O) groups excluding carboxylic acids is 2. The first-order valence-electron chi connectivity index (χ1n) is 8.45. The van der Waals surface area contributed by atoms with Gasteiger partial charge in [0.15, 0.2) is 11.5 Å². The van der Waals surface area contributed by atoms with Crippen LogP contribution in [0.15, 0.2) is 18.2 Å². The first kappa shape index (κ1) is 14.5. The van der Waals surface area contributed by atoms with E-state index in [2.05, 4.69) is 5.32 Å². The van der Waals surface area contributed by atoms with Crippen molar-refractivity contribution in [2.75, 3.05) is 18.5 Å². The number of ether oxygens (including phenoxy) is 2. The predicted molar refractivity (Wildman–Crippen MR) is 84.6 cm³/mol. The van der Waals surface area contributed by atoms with Gasteiger partial charge in [0.05, 0.1) is 0 Å². The van der Waals surface area contributed by atoms with Gasteiger partial charge in [-0.2, -0.15) is 0 Å². The van der Waals surface area contributed by atoms with Crippen molar-refractivity contribution in [3.05, 3.63) is 18.2 Å². The Morgan fingerprint density at radius 2 is 1.74 bits per heavy atom. The molecule has 23 heavy (non-hydrogen) atoms. The SMILES string of the molecule is O=C(Nc1ccc2c(c1)OCCO2)C1CC2CCCC(C1)C2=O. The molecule has 2 bridgehead atoms. The molecular formula is C18H21NO4. The molecular weight excluding hydrogens is 294 g/mol. The monoisotopic (exact) mass is 315 g/mol. The molecule has 0 aromatic heterocycles. The van der Waals surface area contributed by atoms with Crippen molar-refractivity contribution >= 4 is 17.4 Å². The van der Waals surface area contributed by atoms with E-state index in [0.29, 0.717) is 43.3 Å². The summed E-state index contributed by atoms with van der Waals surface area (Å²) in [6.45, 7) is 1.08. The van der Waals surface area contributed by atoms with Gasteiger partial charge in [-0.1, -0.05) is 6.42 Å². The number of nitrogens with one attached hydrogen (secondary N) is 1. The molecule has 1 aromatic carbocycles. The van der Waals surface area contributed by atoms with Crippen LogP contribution in [-0.2, 0) is 9.59 Å². The molecule has 122 valence electrons. The molecule has 5 nitrogen and oxygen atoms in total. The number of fused-ring (bicyclic) bond motifs is 3. The molecule has 3 aliphatic rings. The van der Waals surface area contributed by atoms with E-state index in [1.807, 2.05) is 12.1 Å². The summed E-state index contributed by atoms with van der Waals surface area (Å²) in [7, 11) is 0. The van der Waals surface area contributed by atoms with Crippen molar-refractivity contribution in [2.24, 2.45) is 17.8 Å². The molecule has 2 aliphatic carbocycles. The van der Waals surface area contributed by atoms with Gasteiger partial charge in [0, 0.05) is 29.5 Å². The van der Waals surface area contributed by atoms with E-state index >= 15 is 0 Å². The third-order valence-electron chi connectivity index (χ3n) is 5.23. The zero-order valence-electron chi connectivity index (χ0n) is 13.0. The van der Waals surface area contributed by atoms with Gasteiger partial charge in [-0.3, -0.25) is 9.59 Å². The summed E-state index contributed by atoms with van der Waals surface area (Å²) >= 11 is 0. The lowest BCUT2D eigenvalue weighted by Crippen LogP contribution is -2.40. The molecule has 1 aliphatic heterocycles. The molecule has 2 saturated carbocycles. The maximum atomic E-state index is 12.6. The van der Waals surface area contributed by atoms with Crippen LogP contribution >= 0.6 is 0 Å². The molecule has 4 rings (SSSR count).